The number of nitrogens with zero attached hydrogens (tertiary/aromatic N) is 1. The molecule has 4 nitrogen and oxygen atoms in total. The van der Waals surface area contributed by atoms with E-state index in [9.17, 15) is 9.18 Å². The number of hydrogen-bond donors (Lipinski definition) is 2. The van der Waals surface area contributed by atoms with Crippen LogP contribution in [-0.2, 0) is 0 Å². The van der Waals surface area contributed by atoms with E-state index in [2.05, 4.69) is 28.2 Å². The molecule has 1 heterocycles. The highest BCUT2D eigenvalue weighted by Gasteiger charge is 2.13. The van der Waals surface area contributed by atoms with Crippen LogP contribution in [0.5, 0.6) is 0 Å². The SMILES string of the molecule is C=CCC1=CC=CN(c2cc(NC(=O)Nc3ccc(F)c(Cl)c3)ccc2C)C1. The van der Waals surface area contributed by atoms with Gasteiger partial charge < -0.3 is 15.5 Å². The van der Waals surface area contributed by atoms with Crippen LogP contribution in [0, 0.1) is 12.7 Å². The minimum atomic E-state index is -0.532. The second kappa shape index (κ2) is 8.76. The average molecular weight is 398 g/mol. The Morgan fingerprint density at radius 3 is 2.68 bits per heavy atom. The normalized spacial score (nSPS) is 13.1. The predicted molar refractivity (Wildman–Crippen MR) is 115 cm³/mol. The Hall–Kier alpha value is -3.05. The molecule has 0 bridgehead atoms. The highest BCUT2D eigenvalue weighted by molar-refractivity contribution is 6.31. The molecule has 2 aromatic carbocycles. The van der Waals surface area contributed by atoms with Crippen molar-refractivity contribution in [2.75, 3.05) is 22.1 Å². The maximum absolute atomic E-state index is 13.2. The molecular formula is C22H21ClFN3O. The third-order valence-electron chi connectivity index (χ3n) is 4.33. The van der Waals surface area contributed by atoms with Crippen LogP contribution in [0.2, 0.25) is 5.02 Å². The first kappa shape index (κ1) is 19.7. The second-order valence-corrected chi connectivity index (χ2v) is 6.90. The Morgan fingerprint density at radius 1 is 1.25 bits per heavy atom. The van der Waals surface area contributed by atoms with Crippen LogP contribution in [0.3, 0.4) is 0 Å². The topological polar surface area (TPSA) is 44.4 Å². The summed E-state index contributed by atoms with van der Waals surface area (Å²) in [6.07, 6.45) is 8.84. The molecule has 0 radical (unpaired) electrons. The molecule has 0 aliphatic carbocycles. The number of allylic oxidation sites excluding steroid dienone is 3. The fraction of sp³-hybridized carbons (Fsp3) is 0.136. The number of carbonyl (C=O) groups is 1. The lowest BCUT2D eigenvalue weighted by Crippen LogP contribution is -2.23. The minimum Gasteiger partial charge on any atom is -0.344 e. The molecule has 2 N–H and O–H groups in total. The van der Waals surface area contributed by atoms with Gasteiger partial charge in [-0.1, -0.05) is 29.8 Å². The summed E-state index contributed by atoms with van der Waals surface area (Å²) in [7, 11) is 0. The quantitative estimate of drug-likeness (QED) is 0.584. The molecule has 1 aliphatic rings. The van der Waals surface area contributed by atoms with E-state index in [4.69, 9.17) is 11.6 Å². The van der Waals surface area contributed by atoms with Crippen molar-refractivity contribution in [3.8, 4) is 0 Å². The number of aryl methyl sites for hydroxylation is 1. The van der Waals surface area contributed by atoms with Crippen molar-refractivity contribution in [3.05, 3.63) is 89.4 Å². The average Bonchev–Trinajstić information content (AvgIpc) is 2.67. The monoisotopic (exact) mass is 397 g/mol. The van der Waals surface area contributed by atoms with Gasteiger partial charge in [-0.3, -0.25) is 0 Å². The van der Waals surface area contributed by atoms with Crippen LogP contribution >= 0.6 is 11.6 Å². The number of benzene rings is 2. The van der Waals surface area contributed by atoms with Gasteiger partial charge in [-0.2, -0.15) is 0 Å². The third-order valence-corrected chi connectivity index (χ3v) is 4.62. The largest absolute Gasteiger partial charge is 0.344 e. The van der Waals surface area contributed by atoms with E-state index in [-0.39, 0.29) is 5.02 Å². The Kier molecular flexibility index (Phi) is 6.16. The summed E-state index contributed by atoms with van der Waals surface area (Å²) in [5, 5.41) is 5.40. The first-order chi connectivity index (χ1) is 13.5. The first-order valence-corrected chi connectivity index (χ1v) is 9.21. The van der Waals surface area contributed by atoms with Crippen molar-refractivity contribution in [1.82, 2.24) is 0 Å². The summed E-state index contributed by atoms with van der Waals surface area (Å²) in [5.41, 5.74) is 4.43. The van der Waals surface area contributed by atoms with E-state index >= 15 is 0 Å². The number of hydrogen-bond acceptors (Lipinski definition) is 2. The maximum atomic E-state index is 13.2. The highest BCUT2D eigenvalue weighted by Crippen LogP contribution is 2.28. The summed E-state index contributed by atoms with van der Waals surface area (Å²) in [5.74, 6) is -0.532. The Morgan fingerprint density at radius 2 is 1.96 bits per heavy atom. The van der Waals surface area contributed by atoms with Gasteiger partial charge in [0, 0.05) is 29.8 Å². The fourth-order valence-corrected chi connectivity index (χ4v) is 3.14. The summed E-state index contributed by atoms with van der Waals surface area (Å²) in [6, 6.07) is 9.31. The van der Waals surface area contributed by atoms with E-state index in [0.717, 1.165) is 24.2 Å². The lowest BCUT2D eigenvalue weighted by Gasteiger charge is -2.26. The molecule has 0 saturated heterocycles. The highest BCUT2D eigenvalue weighted by atomic mass is 35.5. The van der Waals surface area contributed by atoms with E-state index in [1.165, 1.54) is 23.8 Å². The number of anilines is 3. The molecule has 2 amide bonds. The molecule has 0 fully saturated rings. The molecule has 144 valence electrons. The van der Waals surface area contributed by atoms with Crippen LogP contribution in [0.1, 0.15) is 12.0 Å². The summed E-state index contributed by atoms with van der Waals surface area (Å²) in [4.78, 5) is 14.4. The molecular weight excluding hydrogens is 377 g/mol. The van der Waals surface area contributed by atoms with E-state index in [0.29, 0.717) is 11.4 Å². The van der Waals surface area contributed by atoms with Crippen molar-refractivity contribution in [2.24, 2.45) is 0 Å². The minimum absolute atomic E-state index is 0.0457. The number of nitrogens with one attached hydrogen (secondary N) is 2. The third kappa shape index (κ3) is 4.81. The van der Waals surface area contributed by atoms with Gasteiger partial charge in [0.05, 0.1) is 5.02 Å². The van der Waals surface area contributed by atoms with Gasteiger partial charge in [0.1, 0.15) is 5.82 Å². The zero-order valence-corrected chi connectivity index (χ0v) is 16.3. The molecule has 0 saturated carbocycles. The number of carbonyl (C=O) groups excluding carboxylic acids is 1. The van der Waals surface area contributed by atoms with Gasteiger partial charge in [0.25, 0.3) is 0 Å². The Balaban J connectivity index is 1.71. The van der Waals surface area contributed by atoms with Crippen LogP contribution in [-0.4, -0.2) is 12.6 Å². The molecule has 28 heavy (non-hydrogen) atoms. The lowest BCUT2D eigenvalue weighted by molar-refractivity contribution is 0.262. The Labute approximate surface area is 169 Å². The Bertz CT molecular complexity index is 968. The van der Waals surface area contributed by atoms with Crippen LogP contribution in [0.25, 0.3) is 0 Å². The van der Waals surface area contributed by atoms with Crippen molar-refractivity contribution < 1.29 is 9.18 Å². The van der Waals surface area contributed by atoms with Gasteiger partial charge in [0.15, 0.2) is 0 Å². The molecule has 0 spiro atoms. The zero-order chi connectivity index (χ0) is 20.1. The van der Waals surface area contributed by atoms with Gasteiger partial charge in [-0.15, -0.1) is 6.58 Å². The molecule has 6 heteroatoms. The lowest BCUT2D eigenvalue weighted by atomic mass is 10.1. The molecule has 0 unspecified atom stereocenters. The van der Waals surface area contributed by atoms with Crippen molar-refractivity contribution >= 4 is 34.7 Å². The van der Waals surface area contributed by atoms with Gasteiger partial charge >= 0.3 is 6.03 Å². The first-order valence-electron chi connectivity index (χ1n) is 8.84. The van der Waals surface area contributed by atoms with Crippen LogP contribution in [0.15, 0.2) is 73.0 Å². The van der Waals surface area contributed by atoms with Crippen LogP contribution in [0.4, 0.5) is 26.2 Å². The standard InChI is InChI=1S/C22H21ClFN3O/c1-3-5-16-6-4-11-27(14-16)21-13-18(8-7-15(21)2)26-22(28)25-17-9-10-20(24)19(23)12-17/h3-4,6-13H,1,5,14H2,2H3,(H2,25,26,28). The molecule has 0 atom stereocenters. The van der Waals surface area contributed by atoms with E-state index < -0.39 is 11.8 Å². The summed E-state index contributed by atoms with van der Waals surface area (Å²) in [6.45, 7) is 6.59. The smallest absolute Gasteiger partial charge is 0.323 e. The number of rotatable bonds is 5. The fourth-order valence-electron chi connectivity index (χ4n) is 2.95. The molecule has 2 aromatic rings. The number of amides is 2. The molecule has 3 rings (SSSR count). The van der Waals surface area contributed by atoms with Crippen LogP contribution < -0.4 is 15.5 Å². The summed E-state index contributed by atoms with van der Waals surface area (Å²) < 4.78 is 13.2. The van der Waals surface area contributed by atoms with Crippen molar-refractivity contribution in [3.63, 3.8) is 0 Å². The van der Waals surface area contributed by atoms with Crippen molar-refractivity contribution in [2.45, 2.75) is 13.3 Å². The van der Waals surface area contributed by atoms with E-state index in [1.54, 1.807) is 0 Å². The number of urea groups is 1. The number of halogens is 2. The second-order valence-electron chi connectivity index (χ2n) is 6.50. The summed E-state index contributed by atoms with van der Waals surface area (Å²) >= 11 is 5.75. The molecule has 0 aromatic heterocycles. The molecule has 1 aliphatic heterocycles. The van der Waals surface area contributed by atoms with Crippen molar-refractivity contribution in [1.29, 1.82) is 0 Å². The van der Waals surface area contributed by atoms with Gasteiger partial charge in [0.2, 0.25) is 0 Å². The predicted octanol–water partition coefficient (Wildman–Crippen LogP) is 6.27. The zero-order valence-electron chi connectivity index (χ0n) is 15.5. The maximum Gasteiger partial charge on any atom is 0.323 e. The van der Waals surface area contributed by atoms with Gasteiger partial charge in [-0.05, 0) is 60.9 Å². The van der Waals surface area contributed by atoms with E-state index in [1.807, 2.05) is 43.5 Å². The van der Waals surface area contributed by atoms with Gasteiger partial charge in [-0.25, -0.2) is 9.18 Å².